The molecule has 2 unspecified atom stereocenters. The number of allylic oxidation sites excluding steroid dienone is 4. The van der Waals surface area contributed by atoms with E-state index in [1.807, 2.05) is 36.4 Å². The van der Waals surface area contributed by atoms with Gasteiger partial charge in [-0.25, -0.2) is 0 Å². The minimum atomic E-state index is -0.441. The summed E-state index contributed by atoms with van der Waals surface area (Å²) in [5, 5.41) is 26.8. The van der Waals surface area contributed by atoms with Crippen LogP contribution in [0.5, 0.6) is 0 Å². The fourth-order valence-electron chi connectivity index (χ4n) is 2.78. The summed E-state index contributed by atoms with van der Waals surface area (Å²) in [7, 11) is 0. The van der Waals surface area contributed by atoms with Crippen molar-refractivity contribution >= 4 is 12.6 Å². The van der Waals surface area contributed by atoms with E-state index in [9.17, 15) is 9.59 Å². The van der Waals surface area contributed by atoms with Gasteiger partial charge in [0.1, 0.15) is 12.6 Å². The van der Waals surface area contributed by atoms with Gasteiger partial charge >= 0.3 is 0 Å². The SMILES string of the molecule is O.O.O.O=C/C=C\C=C/C=O.OC1CCCCC1.OC1CCCCC1O.c1ccccc1. The first kappa shape index (κ1) is 37.1. The number of hydrogen-bond donors (Lipinski definition) is 3. The highest BCUT2D eigenvalue weighted by Gasteiger charge is 2.19. The summed E-state index contributed by atoms with van der Waals surface area (Å²) in [6.45, 7) is 0. The van der Waals surface area contributed by atoms with Crippen LogP contribution in [-0.4, -0.2) is 62.6 Å². The van der Waals surface area contributed by atoms with Gasteiger partial charge in [-0.3, -0.25) is 9.59 Å². The topological polar surface area (TPSA) is 189 Å². The smallest absolute Gasteiger partial charge is 0.142 e. The van der Waals surface area contributed by atoms with Crippen molar-refractivity contribution in [3.05, 3.63) is 60.7 Å². The molecule has 9 N–H and O–H groups in total. The van der Waals surface area contributed by atoms with Gasteiger partial charge in [-0.1, -0.05) is 80.7 Å². The number of aliphatic hydroxyl groups is 3. The predicted molar refractivity (Wildman–Crippen MR) is 127 cm³/mol. The largest absolute Gasteiger partial charge is 0.412 e. The molecule has 0 spiro atoms. The Balaban J connectivity index is -0.000000159. The number of rotatable bonds is 3. The van der Waals surface area contributed by atoms with Crippen LogP contribution in [0.25, 0.3) is 0 Å². The van der Waals surface area contributed by atoms with Gasteiger partial charge < -0.3 is 31.7 Å². The molecular weight excluding hydrogens is 416 g/mol. The van der Waals surface area contributed by atoms with Crippen LogP contribution in [0.4, 0.5) is 0 Å². The third-order valence-corrected chi connectivity index (χ3v) is 4.43. The Labute approximate surface area is 191 Å². The molecule has 2 saturated carbocycles. The van der Waals surface area contributed by atoms with E-state index in [0.717, 1.165) is 38.5 Å². The monoisotopic (exact) mass is 458 g/mol. The van der Waals surface area contributed by atoms with Crippen molar-refractivity contribution < 1.29 is 41.3 Å². The third-order valence-electron chi connectivity index (χ3n) is 4.43. The van der Waals surface area contributed by atoms with Crippen LogP contribution in [0.3, 0.4) is 0 Å². The molecule has 2 aliphatic rings. The molecule has 0 saturated heterocycles. The number of aldehydes is 2. The van der Waals surface area contributed by atoms with Gasteiger partial charge in [0.15, 0.2) is 0 Å². The number of hydrogen-bond acceptors (Lipinski definition) is 5. The Kier molecular flexibility index (Phi) is 33.4. The number of aliphatic hydroxyl groups excluding tert-OH is 3. The standard InChI is InChI=1S/C6H12O2.C6H6O2.C6H12O.C6H6.3H2O/c7-5-3-1-2-4-6(5)8;7-5-3-1-2-4-6-8;7-6-4-2-1-3-5-6;1-2-4-6-5-3-1;;;/h5-8H,1-4H2;1-6H;6-7H,1-5H2;1-6H;3*1H2/b;3-1-,4-2-;;;;;. The van der Waals surface area contributed by atoms with Gasteiger partial charge in [-0.05, 0) is 37.8 Å². The Morgan fingerprint density at radius 2 is 0.812 bits per heavy atom. The second-order valence-corrected chi connectivity index (χ2v) is 6.91. The van der Waals surface area contributed by atoms with Crippen molar-refractivity contribution in [1.29, 1.82) is 0 Å². The van der Waals surface area contributed by atoms with Crippen LogP contribution in [0.15, 0.2) is 60.7 Å². The molecule has 2 fully saturated rings. The lowest BCUT2D eigenvalue weighted by Gasteiger charge is -2.22. The van der Waals surface area contributed by atoms with Crippen molar-refractivity contribution in [3.8, 4) is 0 Å². The zero-order valence-corrected chi connectivity index (χ0v) is 18.7. The maximum atomic E-state index is 9.56. The molecule has 1 aromatic carbocycles. The summed E-state index contributed by atoms with van der Waals surface area (Å²) < 4.78 is 0. The third kappa shape index (κ3) is 25.8. The van der Waals surface area contributed by atoms with Crippen molar-refractivity contribution in [3.63, 3.8) is 0 Å². The lowest BCUT2D eigenvalue weighted by atomic mass is 9.95. The molecule has 3 rings (SSSR count). The van der Waals surface area contributed by atoms with E-state index >= 15 is 0 Å². The van der Waals surface area contributed by atoms with E-state index in [1.54, 1.807) is 0 Å². The van der Waals surface area contributed by atoms with E-state index in [2.05, 4.69) is 0 Å². The normalized spacial score (nSPS) is 19.6. The molecule has 0 bridgehead atoms. The summed E-state index contributed by atoms with van der Waals surface area (Å²) >= 11 is 0. The first-order chi connectivity index (χ1) is 14.1. The van der Waals surface area contributed by atoms with Crippen molar-refractivity contribution in [2.24, 2.45) is 0 Å². The second-order valence-electron chi connectivity index (χ2n) is 6.91. The van der Waals surface area contributed by atoms with Crippen molar-refractivity contribution in [2.75, 3.05) is 0 Å². The van der Waals surface area contributed by atoms with Gasteiger partial charge in [0.25, 0.3) is 0 Å². The zero-order chi connectivity index (χ0) is 21.6. The van der Waals surface area contributed by atoms with Crippen molar-refractivity contribution in [1.82, 2.24) is 0 Å². The van der Waals surface area contributed by atoms with Crippen LogP contribution >= 0.6 is 0 Å². The molecule has 0 aromatic heterocycles. The van der Waals surface area contributed by atoms with E-state index in [-0.39, 0.29) is 22.5 Å². The van der Waals surface area contributed by atoms with E-state index in [4.69, 9.17) is 15.3 Å². The van der Waals surface area contributed by atoms with E-state index in [0.29, 0.717) is 12.6 Å². The minimum Gasteiger partial charge on any atom is -0.412 e. The average molecular weight is 459 g/mol. The Morgan fingerprint density at radius 1 is 0.500 bits per heavy atom. The van der Waals surface area contributed by atoms with Gasteiger partial charge in [0.2, 0.25) is 0 Å². The van der Waals surface area contributed by atoms with Crippen LogP contribution in [0.1, 0.15) is 57.8 Å². The molecule has 1 aromatic rings. The molecule has 2 aliphatic carbocycles. The zero-order valence-electron chi connectivity index (χ0n) is 18.7. The highest BCUT2D eigenvalue weighted by molar-refractivity contribution is 5.68. The summed E-state index contributed by atoms with van der Waals surface area (Å²) in [6, 6.07) is 12.0. The first-order valence-corrected chi connectivity index (χ1v) is 10.4. The first-order valence-electron chi connectivity index (χ1n) is 10.4. The summed E-state index contributed by atoms with van der Waals surface area (Å²) in [5.74, 6) is 0. The van der Waals surface area contributed by atoms with E-state index < -0.39 is 12.2 Å². The summed E-state index contributed by atoms with van der Waals surface area (Å²) in [4.78, 5) is 19.1. The van der Waals surface area contributed by atoms with Gasteiger partial charge in [0, 0.05) is 0 Å². The van der Waals surface area contributed by atoms with Crippen LogP contribution < -0.4 is 0 Å². The Hall–Kier alpha value is -2.20. The summed E-state index contributed by atoms with van der Waals surface area (Å²) in [6.07, 6.45) is 15.6. The average Bonchev–Trinajstić information content (AvgIpc) is 2.77. The molecule has 186 valence electrons. The Morgan fingerprint density at radius 3 is 1.03 bits per heavy atom. The van der Waals surface area contributed by atoms with Crippen LogP contribution in [0, 0.1) is 0 Å². The molecule has 2 atom stereocenters. The van der Waals surface area contributed by atoms with Crippen LogP contribution in [-0.2, 0) is 9.59 Å². The molecule has 0 radical (unpaired) electrons. The molecule has 0 aliphatic heterocycles. The van der Waals surface area contributed by atoms with Gasteiger partial charge in [-0.15, -0.1) is 0 Å². The fourth-order valence-corrected chi connectivity index (χ4v) is 2.78. The highest BCUT2D eigenvalue weighted by atomic mass is 16.3. The molecule has 8 heteroatoms. The quantitative estimate of drug-likeness (QED) is 0.349. The van der Waals surface area contributed by atoms with Crippen LogP contribution in [0.2, 0.25) is 0 Å². The molecule has 0 amide bonds. The maximum Gasteiger partial charge on any atom is 0.142 e. The minimum absolute atomic E-state index is 0. The van der Waals surface area contributed by atoms with Gasteiger partial charge in [-0.2, -0.15) is 0 Å². The second kappa shape index (κ2) is 28.8. The maximum absolute atomic E-state index is 9.56. The number of carbonyl (C=O) groups is 2. The lowest BCUT2D eigenvalue weighted by molar-refractivity contribution is -0.104. The molecule has 8 nitrogen and oxygen atoms in total. The highest BCUT2D eigenvalue weighted by Crippen LogP contribution is 2.17. The van der Waals surface area contributed by atoms with Gasteiger partial charge in [0.05, 0.1) is 18.3 Å². The Bertz CT molecular complexity index is 489. The fraction of sp³-hybridized carbons (Fsp3) is 0.500. The molecule has 32 heavy (non-hydrogen) atoms. The molecular formula is C24H42O8. The predicted octanol–water partition coefficient (Wildman–Crippen LogP) is 1.30. The lowest BCUT2D eigenvalue weighted by Crippen LogP contribution is -2.28. The van der Waals surface area contributed by atoms with E-state index in [1.165, 1.54) is 43.6 Å². The van der Waals surface area contributed by atoms with Crippen molar-refractivity contribution in [2.45, 2.75) is 76.1 Å². The summed E-state index contributed by atoms with van der Waals surface area (Å²) in [5.41, 5.74) is 0. The number of benzene rings is 1. The number of carbonyl (C=O) groups excluding carboxylic acids is 2. The molecule has 0 heterocycles.